The van der Waals surface area contributed by atoms with Crippen molar-refractivity contribution in [1.29, 1.82) is 5.26 Å². The molecule has 0 aliphatic carbocycles. The normalized spacial score (nSPS) is 12.8. The first-order valence-electron chi connectivity index (χ1n) is 6.80. The minimum absolute atomic E-state index is 0.0875. The van der Waals surface area contributed by atoms with Crippen LogP contribution in [0.3, 0.4) is 0 Å². The number of benzene rings is 2. The van der Waals surface area contributed by atoms with E-state index in [0.717, 1.165) is 11.1 Å². The standard InChI is InChI=1S/C18H13NO3/c1-12-3-2-4-13(7-12)8-15(10-19)18(20)14-5-6-16-17(9-14)22-11-21-16/h2-9H,11H2,1H3. The third-order valence-corrected chi connectivity index (χ3v) is 3.35. The van der Waals surface area contributed by atoms with E-state index in [9.17, 15) is 10.1 Å². The molecule has 0 N–H and O–H groups in total. The molecule has 0 atom stereocenters. The Labute approximate surface area is 128 Å². The van der Waals surface area contributed by atoms with Gasteiger partial charge in [0.1, 0.15) is 11.6 Å². The summed E-state index contributed by atoms with van der Waals surface area (Å²) in [6.45, 7) is 2.11. The Morgan fingerprint density at radius 2 is 2.00 bits per heavy atom. The Bertz CT molecular complexity index is 815. The molecule has 1 heterocycles. The molecule has 0 saturated carbocycles. The molecule has 0 unspecified atom stereocenters. The third kappa shape index (κ3) is 2.70. The highest BCUT2D eigenvalue weighted by molar-refractivity contribution is 6.14. The Kier molecular flexibility index (Phi) is 3.63. The highest BCUT2D eigenvalue weighted by atomic mass is 16.7. The maximum Gasteiger partial charge on any atom is 0.231 e. The van der Waals surface area contributed by atoms with Crippen molar-refractivity contribution in [2.45, 2.75) is 6.92 Å². The van der Waals surface area contributed by atoms with Gasteiger partial charge in [-0.1, -0.05) is 29.8 Å². The number of rotatable bonds is 3. The molecule has 2 aromatic carbocycles. The molecule has 0 aromatic heterocycles. The average Bonchev–Trinajstić information content (AvgIpc) is 2.99. The van der Waals surface area contributed by atoms with Crippen LogP contribution in [0, 0.1) is 18.3 Å². The van der Waals surface area contributed by atoms with E-state index in [2.05, 4.69) is 0 Å². The van der Waals surface area contributed by atoms with E-state index in [4.69, 9.17) is 9.47 Å². The van der Waals surface area contributed by atoms with Crippen LogP contribution in [0.5, 0.6) is 11.5 Å². The number of ketones is 1. The Morgan fingerprint density at radius 3 is 2.77 bits per heavy atom. The maximum absolute atomic E-state index is 12.5. The van der Waals surface area contributed by atoms with E-state index < -0.39 is 0 Å². The lowest BCUT2D eigenvalue weighted by molar-refractivity contribution is 0.103. The van der Waals surface area contributed by atoms with Gasteiger partial charge in [-0.05, 0) is 36.8 Å². The zero-order valence-corrected chi connectivity index (χ0v) is 12.0. The number of aryl methyl sites for hydroxylation is 1. The number of fused-ring (bicyclic) bond motifs is 1. The number of ether oxygens (including phenoxy) is 2. The molecule has 0 saturated heterocycles. The van der Waals surface area contributed by atoms with Gasteiger partial charge in [-0.3, -0.25) is 4.79 Å². The van der Waals surface area contributed by atoms with E-state index in [1.165, 1.54) is 0 Å². The van der Waals surface area contributed by atoms with Gasteiger partial charge in [0.25, 0.3) is 0 Å². The number of carbonyl (C=O) groups is 1. The second-order valence-electron chi connectivity index (χ2n) is 4.98. The minimum Gasteiger partial charge on any atom is -0.454 e. The van der Waals surface area contributed by atoms with Crippen LogP contribution in [0.1, 0.15) is 21.5 Å². The van der Waals surface area contributed by atoms with Crippen LogP contribution in [0.15, 0.2) is 48.0 Å². The second-order valence-corrected chi connectivity index (χ2v) is 4.98. The topological polar surface area (TPSA) is 59.3 Å². The molecule has 3 rings (SSSR count). The van der Waals surface area contributed by atoms with E-state index in [-0.39, 0.29) is 18.1 Å². The van der Waals surface area contributed by atoms with Crippen molar-refractivity contribution in [3.63, 3.8) is 0 Å². The van der Waals surface area contributed by atoms with Gasteiger partial charge in [0.15, 0.2) is 11.5 Å². The van der Waals surface area contributed by atoms with Crippen LogP contribution in [0.2, 0.25) is 0 Å². The van der Waals surface area contributed by atoms with Gasteiger partial charge in [0, 0.05) is 5.56 Å². The molecule has 108 valence electrons. The van der Waals surface area contributed by atoms with Crippen LogP contribution in [-0.2, 0) is 0 Å². The van der Waals surface area contributed by atoms with Crippen molar-refractivity contribution in [3.05, 3.63) is 64.7 Å². The summed E-state index contributed by atoms with van der Waals surface area (Å²) in [5.74, 6) is 0.804. The predicted octanol–water partition coefficient (Wildman–Crippen LogP) is 3.51. The summed E-state index contributed by atoms with van der Waals surface area (Å²) in [7, 11) is 0. The largest absolute Gasteiger partial charge is 0.454 e. The maximum atomic E-state index is 12.5. The van der Waals surface area contributed by atoms with Gasteiger partial charge < -0.3 is 9.47 Å². The molecule has 0 fully saturated rings. The molecule has 1 aliphatic heterocycles. The lowest BCUT2D eigenvalue weighted by Gasteiger charge is -2.02. The summed E-state index contributed by atoms with van der Waals surface area (Å²) in [6, 6.07) is 14.5. The zero-order valence-electron chi connectivity index (χ0n) is 12.0. The molecule has 4 heteroatoms. The van der Waals surface area contributed by atoms with Crippen molar-refractivity contribution >= 4 is 11.9 Å². The molecule has 0 spiro atoms. The predicted molar refractivity (Wildman–Crippen MR) is 81.7 cm³/mol. The van der Waals surface area contributed by atoms with Crippen LogP contribution in [0.25, 0.3) is 6.08 Å². The Hall–Kier alpha value is -3.06. The first kappa shape index (κ1) is 13.9. The minimum atomic E-state index is -0.331. The number of carbonyl (C=O) groups excluding carboxylic acids is 1. The van der Waals surface area contributed by atoms with Crippen molar-refractivity contribution in [2.24, 2.45) is 0 Å². The highest BCUT2D eigenvalue weighted by Crippen LogP contribution is 2.33. The van der Waals surface area contributed by atoms with Crippen molar-refractivity contribution in [1.82, 2.24) is 0 Å². The molecule has 0 bridgehead atoms. The van der Waals surface area contributed by atoms with Gasteiger partial charge in [-0.15, -0.1) is 0 Å². The Balaban J connectivity index is 1.94. The van der Waals surface area contributed by atoms with E-state index in [1.54, 1.807) is 24.3 Å². The summed E-state index contributed by atoms with van der Waals surface area (Å²) in [5, 5.41) is 9.29. The molecule has 0 radical (unpaired) electrons. The molecule has 2 aromatic rings. The molecule has 0 amide bonds. The highest BCUT2D eigenvalue weighted by Gasteiger charge is 2.18. The summed E-state index contributed by atoms with van der Waals surface area (Å²) in [4.78, 5) is 12.5. The van der Waals surface area contributed by atoms with Gasteiger partial charge >= 0.3 is 0 Å². The molecule has 4 nitrogen and oxygen atoms in total. The number of nitriles is 1. The number of hydrogen-bond acceptors (Lipinski definition) is 4. The SMILES string of the molecule is Cc1cccc(C=C(C#N)C(=O)c2ccc3c(c2)OCO3)c1. The summed E-state index contributed by atoms with van der Waals surface area (Å²) >= 11 is 0. The van der Waals surface area contributed by atoms with Crippen molar-refractivity contribution in [3.8, 4) is 17.6 Å². The monoisotopic (exact) mass is 291 g/mol. The number of allylic oxidation sites excluding steroid dienone is 1. The van der Waals surface area contributed by atoms with Crippen molar-refractivity contribution in [2.75, 3.05) is 6.79 Å². The Morgan fingerprint density at radius 1 is 1.18 bits per heavy atom. The molecule has 1 aliphatic rings. The van der Waals surface area contributed by atoms with Crippen molar-refractivity contribution < 1.29 is 14.3 Å². The average molecular weight is 291 g/mol. The van der Waals surface area contributed by atoms with E-state index in [1.807, 2.05) is 37.3 Å². The summed E-state index contributed by atoms with van der Waals surface area (Å²) in [5.41, 5.74) is 2.39. The van der Waals surface area contributed by atoms with Gasteiger partial charge in [0.2, 0.25) is 12.6 Å². The smallest absolute Gasteiger partial charge is 0.231 e. The zero-order chi connectivity index (χ0) is 15.5. The van der Waals surface area contributed by atoms with Crippen LogP contribution < -0.4 is 9.47 Å². The second kappa shape index (κ2) is 5.74. The van der Waals surface area contributed by atoms with E-state index in [0.29, 0.717) is 17.1 Å². The number of hydrogen-bond donors (Lipinski definition) is 0. The lowest BCUT2D eigenvalue weighted by Crippen LogP contribution is -2.02. The first-order chi connectivity index (χ1) is 10.7. The third-order valence-electron chi connectivity index (χ3n) is 3.35. The molecular weight excluding hydrogens is 278 g/mol. The van der Waals surface area contributed by atoms with Crippen LogP contribution in [0.4, 0.5) is 0 Å². The van der Waals surface area contributed by atoms with Gasteiger partial charge in [-0.25, -0.2) is 0 Å². The van der Waals surface area contributed by atoms with E-state index >= 15 is 0 Å². The summed E-state index contributed by atoms with van der Waals surface area (Å²) < 4.78 is 10.5. The fourth-order valence-electron chi connectivity index (χ4n) is 2.27. The molecule has 22 heavy (non-hydrogen) atoms. The fourth-order valence-corrected chi connectivity index (χ4v) is 2.27. The molecular formula is C18H13NO3. The number of Topliss-reactive ketones (excluding diaryl/α,β-unsaturated/α-hetero) is 1. The number of nitrogens with zero attached hydrogens (tertiary/aromatic N) is 1. The van der Waals surface area contributed by atoms with Crippen LogP contribution in [-0.4, -0.2) is 12.6 Å². The van der Waals surface area contributed by atoms with Gasteiger partial charge in [0.05, 0.1) is 0 Å². The first-order valence-corrected chi connectivity index (χ1v) is 6.80. The lowest BCUT2D eigenvalue weighted by atomic mass is 10.0. The summed E-state index contributed by atoms with van der Waals surface area (Å²) in [6.07, 6.45) is 1.60. The van der Waals surface area contributed by atoms with Crippen LogP contribution >= 0.6 is 0 Å². The fraction of sp³-hybridized carbons (Fsp3) is 0.111. The quantitative estimate of drug-likeness (QED) is 0.493. The van der Waals surface area contributed by atoms with Gasteiger partial charge in [-0.2, -0.15) is 5.26 Å².